The van der Waals surface area contributed by atoms with Gasteiger partial charge in [-0.3, -0.25) is 4.79 Å². The molecule has 0 aliphatic carbocycles. The number of aryl methyl sites for hydroxylation is 3. The number of fused-ring (bicyclic) bond motifs is 1. The second-order valence-corrected chi connectivity index (χ2v) is 7.92. The molecule has 0 bridgehead atoms. The van der Waals surface area contributed by atoms with Gasteiger partial charge in [0.25, 0.3) is 5.91 Å². The summed E-state index contributed by atoms with van der Waals surface area (Å²) in [7, 11) is 0. The van der Waals surface area contributed by atoms with Crippen molar-refractivity contribution < 1.29 is 4.79 Å². The van der Waals surface area contributed by atoms with Crippen LogP contribution in [-0.2, 0) is 6.54 Å². The van der Waals surface area contributed by atoms with Crippen LogP contribution in [-0.4, -0.2) is 15.9 Å². The molecule has 0 fully saturated rings. The number of halogens is 1. The molecule has 0 unspecified atom stereocenters. The molecule has 1 amide bonds. The lowest BCUT2D eigenvalue weighted by Gasteiger charge is -2.02. The molecular formula is C15H14BrN3OS2. The van der Waals surface area contributed by atoms with Crippen molar-refractivity contribution in [1.82, 2.24) is 15.3 Å². The first kappa shape index (κ1) is 15.6. The lowest BCUT2D eigenvalue weighted by molar-refractivity contribution is 0.0955. The minimum Gasteiger partial charge on any atom is -0.346 e. The first-order valence-corrected chi connectivity index (χ1v) is 9.20. The molecule has 3 heterocycles. The number of aromatic nitrogens is 2. The topological polar surface area (TPSA) is 54.9 Å². The van der Waals surface area contributed by atoms with Gasteiger partial charge in [-0.05, 0) is 48.3 Å². The third kappa shape index (κ3) is 2.93. The van der Waals surface area contributed by atoms with Crippen molar-refractivity contribution in [1.29, 1.82) is 0 Å². The standard InChI is InChI=1S/C15H14BrN3OS2/c1-7-12-8(2)18-9(3)19-15(12)22-13(7)14(20)17-5-11-4-10(16)6-21-11/h4,6H,5H2,1-3H3,(H,17,20). The van der Waals surface area contributed by atoms with Crippen molar-refractivity contribution in [3.05, 3.63) is 42.8 Å². The van der Waals surface area contributed by atoms with Gasteiger partial charge in [0, 0.05) is 25.8 Å². The van der Waals surface area contributed by atoms with Gasteiger partial charge in [0.1, 0.15) is 10.7 Å². The van der Waals surface area contributed by atoms with Gasteiger partial charge in [-0.25, -0.2) is 9.97 Å². The minimum absolute atomic E-state index is 0.0536. The summed E-state index contributed by atoms with van der Waals surface area (Å²) in [4.78, 5) is 24.0. The van der Waals surface area contributed by atoms with Crippen LogP contribution in [0.2, 0.25) is 0 Å². The third-order valence-electron chi connectivity index (χ3n) is 3.33. The average Bonchev–Trinajstić information content (AvgIpc) is 3.00. The number of nitrogens with zero attached hydrogens (tertiary/aromatic N) is 2. The largest absolute Gasteiger partial charge is 0.346 e. The first-order valence-electron chi connectivity index (χ1n) is 6.71. The molecule has 114 valence electrons. The van der Waals surface area contributed by atoms with Crippen molar-refractivity contribution >= 4 is 54.7 Å². The van der Waals surface area contributed by atoms with Gasteiger partial charge in [-0.1, -0.05) is 0 Å². The molecule has 1 N–H and O–H groups in total. The predicted molar refractivity (Wildman–Crippen MR) is 94.8 cm³/mol. The molecule has 0 atom stereocenters. The molecule has 7 heteroatoms. The highest BCUT2D eigenvalue weighted by molar-refractivity contribution is 9.10. The van der Waals surface area contributed by atoms with Crippen molar-refractivity contribution in [3.63, 3.8) is 0 Å². The summed E-state index contributed by atoms with van der Waals surface area (Å²) in [5.74, 6) is 0.684. The summed E-state index contributed by atoms with van der Waals surface area (Å²) >= 11 is 6.47. The van der Waals surface area contributed by atoms with E-state index in [1.165, 1.54) is 11.3 Å². The van der Waals surface area contributed by atoms with Crippen molar-refractivity contribution in [2.24, 2.45) is 0 Å². The van der Waals surface area contributed by atoms with Gasteiger partial charge in [0.15, 0.2) is 0 Å². The van der Waals surface area contributed by atoms with Gasteiger partial charge in [0.05, 0.1) is 11.4 Å². The maximum absolute atomic E-state index is 12.5. The number of carbonyl (C=O) groups is 1. The van der Waals surface area contributed by atoms with Crippen LogP contribution < -0.4 is 5.32 Å². The van der Waals surface area contributed by atoms with E-state index in [1.807, 2.05) is 32.2 Å². The van der Waals surface area contributed by atoms with E-state index in [-0.39, 0.29) is 5.91 Å². The number of thiophene rings is 2. The Kier molecular flexibility index (Phi) is 4.29. The Labute approximate surface area is 144 Å². The number of rotatable bonds is 3. The Morgan fingerprint density at radius 3 is 2.77 bits per heavy atom. The number of amides is 1. The number of hydrogen-bond donors (Lipinski definition) is 1. The van der Waals surface area contributed by atoms with E-state index in [4.69, 9.17) is 0 Å². The molecule has 22 heavy (non-hydrogen) atoms. The fourth-order valence-corrected chi connectivity index (χ4v) is 4.97. The van der Waals surface area contributed by atoms with Gasteiger partial charge < -0.3 is 5.32 Å². The summed E-state index contributed by atoms with van der Waals surface area (Å²) < 4.78 is 1.04. The summed E-state index contributed by atoms with van der Waals surface area (Å²) in [6, 6.07) is 2.02. The van der Waals surface area contributed by atoms with E-state index in [9.17, 15) is 4.79 Å². The quantitative estimate of drug-likeness (QED) is 0.715. The molecular weight excluding hydrogens is 382 g/mol. The lowest BCUT2D eigenvalue weighted by Crippen LogP contribution is -2.21. The second-order valence-electron chi connectivity index (χ2n) is 5.01. The van der Waals surface area contributed by atoms with Gasteiger partial charge in [0.2, 0.25) is 0 Å². The normalized spacial score (nSPS) is 11.1. The smallest absolute Gasteiger partial charge is 0.262 e. The van der Waals surface area contributed by atoms with E-state index < -0.39 is 0 Å². The SMILES string of the molecule is Cc1nc(C)c2c(C)c(C(=O)NCc3cc(Br)cs3)sc2n1. The summed E-state index contributed by atoms with van der Waals surface area (Å²) in [6.45, 7) is 6.32. The van der Waals surface area contributed by atoms with E-state index in [2.05, 4.69) is 31.2 Å². The summed E-state index contributed by atoms with van der Waals surface area (Å²) in [5.41, 5.74) is 1.89. The maximum Gasteiger partial charge on any atom is 0.262 e. The summed E-state index contributed by atoms with van der Waals surface area (Å²) in [6.07, 6.45) is 0. The zero-order chi connectivity index (χ0) is 15.9. The fraction of sp³-hybridized carbons (Fsp3) is 0.267. The molecule has 3 aromatic rings. The molecule has 4 nitrogen and oxygen atoms in total. The van der Waals surface area contributed by atoms with Crippen molar-refractivity contribution in [2.45, 2.75) is 27.3 Å². The third-order valence-corrected chi connectivity index (χ3v) is 6.22. The molecule has 3 rings (SSSR count). The summed E-state index contributed by atoms with van der Waals surface area (Å²) in [5, 5.41) is 5.98. The van der Waals surface area contributed by atoms with Crippen molar-refractivity contribution in [3.8, 4) is 0 Å². The average molecular weight is 396 g/mol. The highest BCUT2D eigenvalue weighted by Crippen LogP contribution is 2.31. The molecule has 0 aliphatic heterocycles. The number of carbonyl (C=O) groups excluding carboxylic acids is 1. The van der Waals surface area contributed by atoms with Gasteiger partial charge in [-0.15, -0.1) is 22.7 Å². The molecule has 0 aromatic carbocycles. The maximum atomic E-state index is 12.5. The van der Waals surface area contributed by atoms with Gasteiger partial charge >= 0.3 is 0 Å². The van der Waals surface area contributed by atoms with E-state index in [0.29, 0.717) is 11.4 Å². The molecule has 0 saturated carbocycles. The first-order chi connectivity index (χ1) is 10.5. The Morgan fingerprint density at radius 2 is 2.09 bits per heavy atom. The van der Waals surface area contributed by atoms with Crippen LogP contribution in [0.5, 0.6) is 0 Å². The Hall–Kier alpha value is -1.31. The minimum atomic E-state index is -0.0536. The lowest BCUT2D eigenvalue weighted by atomic mass is 10.1. The van der Waals surface area contributed by atoms with Crippen LogP contribution in [0.25, 0.3) is 10.2 Å². The second kappa shape index (κ2) is 6.06. The number of nitrogens with one attached hydrogen (secondary N) is 1. The molecule has 0 radical (unpaired) electrons. The van der Waals surface area contributed by atoms with Crippen LogP contribution in [0, 0.1) is 20.8 Å². The fourth-order valence-electron chi connectivity index (χ4n) is 2.38. The van der Waals surface area contributed by atoms with E-state index in [0.717, 1.165) is 36.6 Å². The molecule has 0 aliphatic rings. The molecule has 0 saturated heterocycles. The van der Waals surface area contributed by atoms with Crippen LogP contribution in [0.1, 0.15) is 31.6 Å². The Morgan fingerprint density at radius 1 is 1.32 bits per heavy atom. The van der Waals surface area contributed by atoms with Crippen LogP contribution >= 0.6 is 38.6 Å². The zero-order valence-electron chi connectivity index (χ0n) is 12.4. The molecule has 0 spiro atoms. The Bertz CT molecular complexity index is 869. The highest BCUT2D eigenvalue weighted by Gasteiger charge is 2.18. The highest BCUT2D eigenvalue weighted by atomic mass is 79.9. The number of hydrogen-bond acceptors (Lipinski definition) is 5. The van der Waals surface area contributed by atoms with Crippen LogP contribution in [0.3, 0.4) is 0 Å². The monoisotopic (exact) mass is 395 g/mol. The zero-order valence-corrected chi connectivity index (χ0v) is 15.6. The van der Waals surface area contributed by atoms with E-state index in [1.54, 1.807) is 11.3 Å². The van der Waals surface area contributed by atoms with Crippen molar-refractivity contribution in [2.75, 3.05) is 0 Å². The van der Waals surface area contributed by atoms with Crippen LogP contribution in [0.15, 0.2) is 15.9 Å². The van der Waals surface area contributed by atoms with E-state index >= 15 is 0 Å². The Balaban J connectivity index is 1.87. The molecule has 3 aromatic heterocycles. The van der Waals surface area contributed by atoms with Crippen LogP contribution in [0.4, 0.5) is 0 Å². The predicted octanol–water partition coefficient (Wildman–Crippen LogP) is 4.37. The van der Waals surface area contributed by atoms with Gasteiger partial charge in [-0.2, -0.15) is 0 Å².